The van der Waals surface area contributed by atoms with Crippen LogP contribution < -0.4 is 16.1 Å². The van der Waals surface area contributed by atoms with Gasteiger partial charge < -0.3 is 34.7 Å². The Hall–Kier alpha value is -6.16. The number of ether oxygens (including phenoxy) is 2. The van der Waals surface area contributed by atoms with Crippen LogP contribution >= 0.6 is 0 Å². The zero-order valence-corrected chi connectivity index (χ0v) is 39.2. The van der Waals surface area contributed by atoms with Gasteiger partial charge in [0.15, 0.2) is 0 Å². The molecule has 15 heteroatoms. The monoisotopic (exact) mass is 898 g/mol. The van der Waals surface area contributed by atoms with Crippen molar-refractivity contribution in [1.29, 1.82) is 0 Å². The normalized spacial score (nSPS) is 20.6. The number of phenols is 1. The molecular formula is C51H62N8O7. The largest absolute Gasteiger partial charge is 0.508 e. The lowest BCUT2D eigenvalue weighted by atomic mass is 9.84. The van der Waals surface area contributed by atoms with Crippen LogP contribution in [-0.2, 0) is 43.2 Å². The number of carbonyl (C=O) groups is 4. The number of hydrazine groups is 1. The summed E-state index contributed by atoms with van der Waals surface area (Å²) < 4.78 is 14.2. The first kappa shape index (κ1) is 46.4. The molecule has 8 rings (SSSR count). The van der Waals surface area contributed by atoms with Crippen LogP contribution in [0.3, 0.4) is 0 Å². The Labute approximate surface area is 386 Å². The molecule has 2 saturated heterocycles. The lowest BCUT2D eigenvalue weighted by Crippen LogP contribution is -2.62. The standard InChI is InChI=1S/C51H62N8O7/c1-9-58-43-17-15-32-24-37(43)38(46(58)36-12-10-18-52-44(36)30(4)65-8)25-51(5,6)28-66-50(64)40-13-11-19-59(56-40)49(63)41(22-31-20-34(32)23-35(60)21-31)55-47(61)45(29(2)3)57(7)48(62)33-14-16-39(53-26-33)42-27-54-42/h10,12,14-18,20-21,23-24,26,29-30,40-42,45,54,56,60H,9,11,13,19,22,25,27-28H2,1-8H3,(H,55,61)/t30-,40-,41-,42-,45?/m0/s1. The van der Waals surface area contributed by atoms with Gasteiger partial charge in [-0.05, 0) is 110 Å². The average Bonchev–Trinajstić information content (AvgIpc) is 4.12. The van der Waals surface area contributed by atoms with Crippen molar-refractivity contribution in [1.82, 2.24) is 40.5 Å². The van der Waals surface area contributed by atoms with Crippen molar-refractivity contribution in [3.63, 3.8) is 0 Å². The van der Waals surface area contributed by atoms with Gasteiger partial charge in [-0.25, -0.2) is 5.43 Å². The van der Waals surface area contributed by atoms with E-state index in [4.69, 9.17) is 14.5 Å². The summed E-state index contributed by atoms with van der Waals surface area (Å²) >= 11 is 0. The third kappa shape index (κ3) is 9.56. The Balaban J connectivity index is 1.20. The fourth-order valence-corrected chi connectivity index (χ4v) is 9.59. The van der Waals surface area contributed by atoms with Crippen molar-refractivity contribution in [2.45, 2.75) is 104 Å². The number of nitrogens with zero attached hydrogens (tertiary/aromatic N) is 5. The van der Waals surface area contributed by atoms with E-state index >= 15 is 0 Å². The van der Waals surface area contributed by atoms with Crippen LogP contribution in [0.2, 0.25) is 0 Å². The molecule has 2 fully saturated rings. The third-order valence-electron chi connectivity index (χ3n) is 13.1. The molecule has 2 aromatic carbocycles. The first-order chi connectivity index (χ1) is 31.6. The molecule has 6 heterocycles. The molecule has 5 aromatic rings. The highest BCUT2D eigenvalue weighted by Crippen LogP contribution is 2.42. The summed E-state index contributed by atoms with van der Waals surface area (Å²) in [6.07, 6.45) is 4.54. The number of nitrogens with one attached hydrogen (secondary N) is 3. The number of rotatable bonds is 10. The number of amides is 3. The summed E-state index contributed by atoms with van der Waals surface area (Å²) in [5.74, 6) is -2.18. The van der Waals surface area contributed by atoms with Crippen molar-refractivity contribution in [2.75, 3.05) is 33.9 Å². The first-order valence-electron chi connectivity index (χ1n) is 23.0. The van der Waals surface area contributed by atoms with Crippen LogP contribution in [-0.4, -0.2) is 105 Å². The maximum Gasteiger partial charge on any atom is 0.324 e. The second kappa shape index (κ2) is 19.0. The number of benzene rings is 2. The van der Waals surface area contributed by atoms with Crippen molar-refractivity contribution >= 4 is 34.6 Å². The molecule has 4 N–H and O–H groups in total. The molecule has 3 amide bonds. The van der Waals surface area contributed by atoms with Crippen molar-refractivity contribution < 1.29 is 33.8 Å². The van der Waals surface area contributed by atoms with Gasteiger partial charge in [0, 0.05) is 74.5 Å². The number of methoxy groups -OCH3 is 1. The lowest BCUT2D eigenvalue weighted by Gasteiger charge is -2.36. The predicted octanol–water partition coefficient (Wildman–Crippen LogP) is 6.29. The Kier molecular flexibility index (Phi) is 13.3. The van der Waals surface area contributed by atoms with E-state index in [1.165, 1.54) is 16.1 Å². The average molecular weight is 899 g/mol. The highest BCUT2D eigenvalue weighted by atomic mass is 16.5. The molecular weight excluding hydrogens is 837 g/mol. The van der Waals surface area contributed by atoms with Gasteiger partial charge in [-0.2, -0.15) is 0 Å². The minimum atomic E-state index is -1.15. The van der Waals surface area contributed by atoms with E-state index in [1.807, 2.05) is 45.0 Å². The third-order valence-corrected chi connectivity index (χ3v) is 13.1. The van der Waals surface area contributed by atoms with Crippen LogP contribution in [0.4, 0.5) is 0 Å². The molecule has 6 bridgehead atoms. The Morgan fingerprint density at radius 2 is 1.83 bits per heavy atom. The SMILES string of the molecule is CCn1c(-c2cccnc2[C@H](C)OC)c2c3cc(ccc31)-c1cc(O)cc(c1)C[C@H](NC(=O)C(C(C)C)N(C)C(=O)c1ccc([C@@H]3CN3)nc1)C(=O)N1CCC[C@H](N1)C(=O)OCC(C)(C)C2. The zero-order chi connectivity index (χ0) is 47.0. The van der Waals surface area contributed by atoms with Crippen molar-refractivity contribution in [2.24, 2.45) is 11.3 Å². The van der Waals surface area contributed by atoms with E-state index in [-0.39, 0.29) is 49.3 Å². The Morgan fingerprint density at radius 1 is 1.05 bits per heavy atom. The number of likely N-dealkylation sites (N-methyl/N-ethyl adjacent to an activating group) is 1. The summed E-state index contributed by atoms with van der Waals surface area (Å²) in [4.78, 5) is 67.7. The predicted molar refractivity (Wildman–Crippen MR) is 251 cm³/mol. The number of fused-ring (bicyclic) bond motifs is 6. The number of aromatic nitrogens is 3. The summed E-state index contributed by atoms with van der Waals surface area (Å²) in [6, 6.07) is 16.3. The second-order valence-corrected chi connectivity index (χ2v) is 19.1. The number of aromatic hydroxyl groups is 1. The molecule has 0 aliphatic carbocycles. The molecule has 0 spiro atoms. The van der Waals surface area contributed by atoms with Gasteiger partial charge >= 0.3 is 5.97 Å². The van der Waals surface area contributed by atoms with Gasteiger partial charge in [-0.15, -0.1) is 0 Å². The number of phenolic OH excluding ortho intramolecular Hbond substituents is 1. The molecule has 66 heavy (non-hydrogen) atoms. The van der Waals surface area contributed by atoms with E-state index < -0.39 is 41.3 Å². The van der Waals surface area contributed by atoms with Gasteiger partial charge in [0.25, 0.3) is 11.8 Å². The minimum absolute atomic E-state index is 0.00182. The van der Waals surface area contributed by atoms with Gasteiger partial charge in [-0.1, -0.05) is 39.8 Å². The van der Waals surface area contributed by atoms with Gasteiger partial charge in [0.05, 0.1) is 41.4 Å². The highest BCUT2D eigenvalue weighted by molar-refractivity contribution is 5.99. The minimum Gasteiger partial charge on any atom is -0.508 e. The van der Waals surface area contributed by atoms with Crippen LogP contribution in [0.5, 0.6) is 5.75 Å². The summed E-state index contributed by atoms with van der Waals surface area (Å²) in [5, 5.41) is 19.9. The Morgan fingerprint density at radius 3 is 2.53 bits per heavy atom. The number of pyridine rings is 2. The molecule has 0 saturated carbocycles. The molecule has 3 aromatic heterocycles. The highest BCUT2D eigenvalue weighted by Gasteiger charge is 2.38. The number of esters is 1. The first-order valence-corrected chi connectivity index (χ1v) is 23.0. The molecule has 3 aliphatic heterocycles. The van der Waals surface area contributed by atoms with E-state index in [0.29, 0.717) is 36.9 Å². The summed E-state index contributed by atoms with van der Waals surface area (Å²) in [6.45, 7) is 13.9. The summed E-state index contributed by atoms with van der Waals surface area (Å²) in [5.41, 5.74) is 10.8. The number of aryl methyl sites for hydroxylation is 1. The van der Waals surface area contributed by atoms with E-state index in [1.54, 1.807) is 38.6 Å². The van der Waals surface area contributed by atoms with Crippen LogP contribution in [0.1, 0.15) is 99.4 Å². The van der Waals surface area contributed by atoms with E-state index in [0.717, 1.165) is 56.8 Å². The number of carbonyl (C=O) groups excluding carboxylic acids is 4. The molecule has 0 radical (unpaired) electrons. The number of hydrogen-bond acceptors (Lipinski definition) is 11. The fraction of sp³-hybridized carbons (Fsp3) is 0.451. The van der Waals surface area contributed by atoms with E-state index in [2.05, 4.69) is 64.6 Å². The maximum atomic E-state index is 14.7. The van der Waals surface area contributed by atoms with Crippen LogP contribution in [0, 0.1) is 11.3 Å². The van der Waals surface area contributed by atoms with Gasteiger partial charge in [0.1, 0.15) is 23.9 Å². The van der Waals surface area contributed by atoms with Gasteiger partial charge in [-0.3, -0.25) is 34.2 Å². The Bertz CT molecular complexity index is 2640. The second-order valence-electron chi connectivity index (χ2n) is 19.1. The smallest absolute Gasteiger partial charge is 0.324 e. The number of hydrogen-bond donors (Lipinski definition) is 4. The van der Waals surface area contributed by atoms with Gasteiger partial charge in [0.2, 0.25) is 5.91 Å². The molecule has 348 valence electrons. The summed E-state index contributed by atoms with van der Waals surface area (Å²) in [7, 11) is 3.25. The maximum absolute atomic E-state index is 14.7. The molecule has 3 aliphatic rings. The van der Waals surface area contributed by atoms with Crippen molar-refractivity contribution in [3.8, 4) is 28.1 Å². The molecule has 15 nitrogen and oxygen atoms in total. The topological polar surface area (TPSA) is 190 Å². The van der Waals surface area contributed by atoms with Crippen LogP contribution in [0.15, 0.2) is 73.1 Å². The zero-order valence-electron chi connectivity index (χ0n) is 39.2. The van der Waals surface area contributed by atoms with Crippen molar-refractivity contribution in [3.05, 3.63) is 101 Å². The molecule has 1 unspecified atom stereocenters. The lowest BCUT2D eigenvalue weighted by molar-refractivity contribution is -0.155. The quantitative estimate of drug-likeness (QED) is 0.0911. The number of cyclic esters (lactones) is 1. The van der Waals surface area contributed by atoms with Crippen LogP contribution in [0.25, 0.3) is 33.3 Å². The molecule has 5 atom stereocenters. The van der Waals surface area contributed by atoms with E-state index in [9.17, 15) is 24.3 Å². The fourth-order valence-electron chi connectivity index (χ4n) is 9.59.